The van der Waals surface area contributed by atoms with Crippen molar-refractivity contribution >= 4 is 23.7 Å². The summed E-state index contributed by atoms with van der Waals surface area (Å²) in [6.45, 7) is 0.266. The van der Waals surface area contributed by atoms with Crippen molar-refractivity contribution in [1.29, 1.82) is 0 Å². The predicted molar refractivity (Wildman–Crippen MR) is 96.4 cm³/mol. The highest BCUT2D eigenvalue weighted by molar-refractivity contribution is 6.32. The summed E-state index contributed by atoms with van der Waals surface area (Å²) in [6.07, 6.45) is 1.44. The van der Waals surface area contributed by atoms with E-state index in [1.54, 1.807) is 12.1 Å². The van der Waals surface area contributed by atoms with E-state index in [0.717, 1.165) is 5.56 Å². The fourth-order valence-corrected chi connectivity index (χ4v) is 2.35. The molecular formula is C18H19ClN2O4. The van der Waals surface area contributed by atoms with Gasteiger partial charge in [0.05, 0.1) is 25.5 Å². The van der Waals surface area contributed by atoms with Crippen LogP contribution in [0.15, 0.2) is 47.6 Å². The zero-order valence-corrected chi connectivity index (χ0v) is 14.7. The fraction of sp³-hybridized carbons (Fsp3) is 0.222. The number of nitrogens with zero attached hydrogens (tertiary/aromatic N) is 1. The smallest absolute Gasteiger partial charge is 0.261 e. The number of halogens is 1. The number of methoxy groups -OCH3 is 2. The van der Waals surface area contributed by atoms with E-state index in [-0.39, 0.29) is 12.5 Å². The quantitative estimate of drug-likeness (QED) is 0.579. The number of oxime groups is 1. The second-order valence-electron chi connectivity index (χ2n) is 5.01. The molecule has 25 heavy (non-hydrogen) atoms. The Labute approximate surface area is 151 Å². The molecule has 0 aliphatic heterocycles. The van der Waals surface area contributed by atoms with Crippen LogP contribution >= 0.6 is 11.6 Å². The maximum atomic E-state index is 11.7. The molecule has 1 amide bonds. The lowest BCUT2D eigenvalue weighted by Gasteiger charge is -2.09. The van der Waals surface area contributed by atoms with Crippen LogP contribution in [0.4, 0.5) is 0 Å². The van der Waals surface area contributed by atoms with E-state index < -0.39 is 0 Å². The predicted octanol–water partition coefficient (Wildman–Crippen LogP) is 3.02. The highest BCUT2D eigenvalue weighted by Gasteiger charge is 2.10. The van der Waals surface area contributed by atoms with Crippen molar-refractivity contribution in [2.45, 2.75) is 6.54 Å². The molecule has 0 aromatic heterocycles. The molecule has 132 valence electrons. The normalized spacial score (nSPS) is 10.5. The van der Waals surface area contributed by atoms with E-state index in [4.69, 9.17) is 25.9 Å². The Morgan fingerprint density at radius 2 is 1.96 bits per heavy atom. The molecule has 2 aromatic rings. The van der Waals surface area contributed by atoms with Gasteiger partial charge in [-0.05, 0) is 17.7 Å². The molecule has 0 heterocycles. The molecule has 0 spiro atoms. The summed E-state index contributed by atoms with van der Waals surface area (Å²) in [7, 11) is 3.03. The standard InChI is InChI=1S/C18H19ClN2O4/c1-23-16-9-14(8-15(19)18(16)24-2)11-21-25-12-17(22)20-10-13-6-4-3-5-7-13/h3-9,11H,10,12H2,1-2H3,(H,20,22)/b21-11-. The van der Waals surface area contributed by atoms with Crippen LogP contribution in [0.1, 0.15) is 11.1 Å². The Morgan fingerprint density at radius 1 is 1.20 bits per heavy atom. The van der Waals surface area contributed by atoms with E-state index >= 15 is 0 Å². The largest absolute Gasteiger partial charge is 0.493 e. The van der Waals surface area contributed by atoms with Gasteiger partial charge in [0.25, 0.3) is 5.91 Å². The first-order valence-corrected chi connectivity index (χ1v) is 7.89. The lowest BCUT2D eigenvalue weighted by Crippen LogP contribution is -2.26. The van der Waals surface area contributed by atoms with Crippen LogP contribution in [0.25, 0.3) is 0 Å². The molecule has 0 radical (unpaired) electrons. The molecule has 0 aliphatic rings. The van der Waals surface area contributed by atoms with Crippen LogP contribution in [-0.2, 0) is 16.2 Å². The highest BCUT2D eigenvalue weighted by Crippen LogP contribution is 2.35. The van der Waals surface area contributed by atoms with Crippen LogP contribution in [0.2, 0.25) is 5.02 Å². The molecule has 0 unspecified atom stereocenters. The first kappa shape index (κ1) is 18.6. The molecule has 1 N–H and O–H groups in total. The van der Waals surface area contributed by atoms with Gasteiger partial charge in [-0.25, -0.2) is 0 Å². The van der Waals surface area contributed by atoms with Gasteiger partial charge in [-0.2, -0.15) is 0 Å². The van der Waals surface area contributed by atoms with Gasteiger partial charge < -0.3 is 19.6 Å². The van der Waals surface area contributed by atoms with Crippen LogP contribution in [0.5, 0.6) is 11.5 Å². The van der Waals surface area contributed by atoms with Gasteiger partial charge in [0.1, 0.15) is 0 Å². The van der Waals surface area contributed by atoms with Gasteiger partial charge in [0, 0.05) is 12.1 Å². The lowest BCUT2D eigenvalue weighted by molar-refractivity contribution is -0.125. The number of carbonyl (C=O) groups excluding carboxylic acids is 1. The minimum Gasteiger partial charge on any atom is -0.493 e. The Balaban J connectivity index is 1.83. The topological polar surface area (TPSA) is 69.2 Å². The molecule has 0 saturated heterocycles. The molecule has 2 rings (SSSR count). The van der Waals surface area contributed by atoms with Crippen LogP contribution in [0.3, 0.4) is 0 Å². The van der Waals surface area contributed by atoms with E-state index in [1.165, 1.54) is 20.4 Å². The summed E-state index contributed by atoms with van der Waals surface area (Å²) in [5, 5.41) is 6.90. The fourth-order valence-electron chi connectivity index (χ4n) is 2.05. The van der Waals surface area contributed by atoms with Crippen molar-refractivity contribution < 1.29 is 19.1 Å². The number of nitrogens with one attached hydrogen (secondary N) is 1. The third-order valence-corrected chi connectivity index (χ3v) is 3.54. The van der Waals surface area contributed by atoms with Gasteiger partial charge in [-0.1, -0.05) is 47.1 Å². The van der Waals surface area contributed by atoms with Gasteiger partial charge >= 0.3 is 0 Å². The molecule has 7 heteroatoms. The summed E-state index contributed by atoms with van der Waals surface area (Å²) in [4.78, 5) is 16.7. The van der Waals surface area contributed by atoms with Crippen LogP contribution in [-0.4, -0.2) is 32.9 Å². The lowest BCUT2D eigenvalue weighted by atomic mass is 10.2. The molecule has 0 fully saturated rings. The summed E-state index contributed by atoms with van der Waals surface area (Å²) in [5.41, 5.74) is 1.67. The van der Waals surface area contributed by atoms with Crippen molar-refractivity contribution in [3.8, 4) is 11.5 Å². The first-order valence-electron chi connectivity index (χ1n) is 7.51. The van der Waals surface area contributed by atoms with E-state index in [2.05, 4.69) is 10.5 Å². The molecular weight excluding hydrogens is 344 g/mol. The SMILES string of the molecule is COc1cc(/C=N\OCC(=O)NCc2ccccc2)cc(Cl)c1OC. The van der Waals surface area contributed by atoms with Crippen LogP contribution in [0, 0.1) is 0 Å². The van der Waals surface area contributed by atoms with E-state index in [0.29, 0.717) is 28.6 Å². The maximum Gasteiger partial charge on any atom is 0.261 e. The first-order chi connectivity index (χ1) is 12.1. The Bertz CT molecular complexity index is 735. The van der Waals surface area contributed by atoms with Crippen molar-refractivity contribution in [2.75, 3.05) is 20.8 Å². The van der Waals surface area contributed by atoms with Crippen molar-refractivity contribution in [1.82, 2.24) is 5.32 Å². The number of hydrogen-bond acceptors (Lipinski definition) is 5. The molecule has 0 atom stereocenters. The number of rotatable bonds is 8. The van der Waals surface area contributed by atoms with E-state index in [9.17, 15) is 4.79 Å². The monoisotopic (exact) mass is 362 g/mol. The van der Waals surface area contributed by atoms with Gasteiger partial charge in [0.15, 0.2) is 18.1 Å². The Hall–Kier alpha value is -2.73. The zero-order valence-electron chi connectivity index (χ0n) is 14.0. The summed E-state index contributed by atoms with van der Waals surface area (Å²) >= 11 is 6.10. The molecule has 6 nitrogen and oxygen atoms in total. The number of ether oxygens (including phenoxy) is 2. The zero-order chi connectivity index (χ0) is 18.1. The third-order valence-electron chi connectivity index (χ3n) is 3.26. The third kappa shape index (κ3) is 5.69. The Morgan fingerprint density at radius 3 is 2.64 bits per heavy atom. The molecule has 2 aromatic carbocycles. The van der Waals surface area contributed by atoms with Gasteiger partial charge in [-0.15, -0.1) is 0 Å². The molecule has 0 aliphatic carbocycles. The average Bonchev–Trinajstić information content (AvgIpc) is 2.64. The molecule has 0 saturated carbocycles. The average molecular weight is 363 g/mol. The second-order valence-corrected chi connectivity index (χ2v) is 5.42. The number of hydrogen-bond donors (Lipinski definition) is 1. The number of carbonyl (C=O) groups is 1. The van der Waals surface area contributed by atoms with Crippen LogP contribution < -0.4 is 14.8 Å². The minimum atomic E-state index is -0.258. The number of amides is 1. The summed E-state index contributed by atoms with van der Waals surface area (Å²) in [5.74, 6) is 0.672. The number of benzene rings is 2. The second kappa shape index (κ2) is 9.54. The van der Waals surface area contributed by atoms with Gasteiger partial charge in [-0.3, -0.25) is 4.79 Å². The minimum absolute atomic E-state index is 0.176. The summed E-state index contributed by atoms with van der Waals surface area (Å²) in [6, 6.07) is 13.0. The Kier molecular flexibility index (Phi) is 7.10. The van der Waals surface area contributed by atoms with E-state index in [1.807, 2.05) is 30.3 Å². The van der Waals surface area contributed by atoms with Crippen molar-refractivity contribution in [3.05, 3.63) is 58.6 Å². The maximum absolute atomic E-state index is 11.7. The van der Waals surface area contributed by atoms with Crippen molar-refractivity contribution in [3.63, 3.8) is 0 Å². The van der Waals surface area contributed by atoms with Crippen molar-refractivity contribution in [2.24, 2.45) is 5.16 Å². The van der Waals surface area contributed by atoms with Gasteiger partial charge in [0.2, 0.25) is 0 Å². The molecule has 0 bridgehead atoms. The summed E-state index contributed by atoms with van der Waals surface area (Å²) < 4.78 is 10.4. The highest BCUT2D eigenvalue weighted by atomic mass is 35.5.